The Morgan fingerprint density at radius 3 is 2.36 bits per heavy atom. The molecule has 4 rings (SSSR count). The third-order valence-corrected chi connectivity index (χ3v) is 6.68. The minimum atomic E-state index is 1.11. The van der Waals surface area contributed by atoms with Crippen LogP contribution in [0.15, 0.2) is 0 Å². The molecular weight excluding hydrogens is 168 g/mol. The van der Waals surface area contributed by atoms with Gasteiger partial charge in [0.15, 0.2) is 0 Å². The van der Waals surface area contributed by atoms with Crippen molar-refractivity contribution in [3.05, 3.63) is 0 Å². The van der Waals surface area contributed by atoms with Crippen molar-refractivity contribution >= 4 is 0 Å². The molecule has 0 bridgehead atoms. The summed E-state index contributed by atoms with van der Waals surface area (Å²) < 4.78 is 0. The minimum Gasteiger partial charge on any atom is -0.0651 e. The maximum Gasteiger partial charge on any atom is -0.0315 e. The summed E-state index contributed by atoms with van der Waals surface area (Å²) >= 11 is 0. The molecule has 0 aromatic heterocycles. The quantitative estimate of drug-likeness (QED) is 0.593. The van der Waals surface area contributed by atoms with E-state index in [-0.39, 0.29) is 0 Å². The lowest BCUT2D eigenvalue weighted by Gasteiger charge is -2.64. The molecule has 0 radical (unpaired) electrons. The molecule has 0 heteroatoms. The van der Waals surface area contributed by atoms with E-state index in [9.17, 15) is 0 Å². The van der Waals surface area contributed by atoms with Crippen LogP contribution in [-0.2, 0) is 0 Å². The monoisotopic (exact) mass is 190 g/mol. The third-order valence-electron chi connectivity index (χ3n) is 6.68. The van der Waals surface area contributed by atoms with Crippen LogP contribution in [0.5, 0.6) is 0 Å². The van der Waals surface area contributed by atoms with Gasteiger partial charge in [0.25, 0.3) is 0 Å². The summed E-state index contributed by atoms with van der Waals surface area (Å²) in [5.41, 5.74) is 0. The molecular formula is C14H22. The van der Waals surface area contributed by atoms with Gasteiger partial charge in [-0.3, -0.25) is 0 Å². The first kappa shape index (κ1) is 8.19. The fourth-order valence-electron chi connectivity index (χ4n) is 5.95. The van der Waals surface area contributed by atoms with Crippen LogP contribution in [0.25, 0.3) is 0 Å². The molecule has 78 valence electrons. The molecule has 4 saturated carbocycles. The average Bonchev–Trinajstić information content (AvgIpc) is 2.21. The molecule has 0 saturated heterocycles. The number of hydrogen-bond donors (Lipinski definition) is 0. The highest BCUT2D eigenvalue weighted by Crippen LogP contribution is 2.75. The van der Waals surface area contributed by atoms with E-state index in [1.165, 1.54) is 41.9 Å². The van der Waals surface area contributed by atoms with E-state index in [1.807, 2.05) is 0 Å². The molecule has 0 spiro atoms. The fraction of sp³-hybridized carbons (Fsp3) is 1.00. The molecule has 8 atom stereocenters. The molecule has 4 aliphatic carbocycles. The Hall–Kier alpha value is 0. The summed E-state index contributed by atoms with van der Waals surface area (Å²) in [6.07, 6.45) is 6.24. The Morgan fingerprint density at radius 2 is 1.71 bits per heavy atom. The van der Waals surface area contributed by atoms with Gasteiger partial charge in [-0.1, -0.05) is 20.3 Å². The van der Waals surface area contributed by atoms with Gasteiger partial charge in [-0.05, 0) is 66.6 Å². The summed E-state index contributed by atoms with van der Waals surface area (Å²) in [7, 11) is 0. The smallest absolute Gasteiger partial charge is 0.0315 e. The predicted octanol–water partition coefficient (Wildman–Crippen LogP) is 3.57. The largest absolute Gasteiger partial charge is 0.0651 e. The normalized spacial score (nSPS) is 68.1. The second-order valence-corrected chi connectivity index (χ2v) is 6.56. The van der Waals surface area contributed by atoms with Crippen LogP contribution in [0.1, 0.15) is 39.5 Å². The first-order valence-corrected chi connectivity index (χ1v) is 6.83. The zero-order valence-electron chi connectivity index (χ0n) is 9.45. The standard InChI is InChI=1S/C14H22/c1-3-8-6-11-12-7(2)9-4-5-10(9)14(12)13(8)11/h7-14H,3-6H2,1-2H3. The SMILES string of the molecule is CCC1CC2C1C1C3CCC3C(C)C21. The summed E-state index contributed by atoms with van der Waals surface area (Å²) in [4.78, 5) is 0. The maximum atomic E-state index is 2.57. The molecule has 14 heavy (non-hydrogen) atoms. The van der Waals surface area contributed by atoms with Gasteiger partial charge in [0.1, 0.15) is 0 Å². The van der Waals surface area contributed by atoms with Gasteiger partial charge >= 0.3 is 0 Å². The number of fused-ring (bicyclic) bond motifs is 6. The minimum absolute atomic E-state index is 1.11. The van der Waals surface area contributed by atoms with Crippen LogP contribution in [0.2, 0.25) is 0 Å². The summed E-state index contributed by atoms with van der Waals surface area (Å²) in [5.74, 6) is 9.45. The second-order valence-electron chi connectivity index (χ2n) is 6.56. The van der Waals surface area contributed by atoms with E-state index < -0.39 is 0 Å². The topological polar surface area (TPSA) is 0 Å². The van der Waals surface area contributed by atoms with Crippen molar-refractivity contribution in [1.29, 1.82) is 0 Å². The molecule has 4 fully saturated rings. The maximum absolute atomic E-state index is 2.57. The lowest BCUT2D eigenvalue weighted by atomic mass is 9.41. The molecule has 4 aliphatic rings. The zero-order chi connectivity index (χ0) is 9.45. The molecule has 0 aliphatic heterocycles. The predicted molar refractivity (Wildman–Crippen MR) is 57.7 cm³/mol. The molecule has 8 unspecified atom stereocenters. The van der Waals surface area contributed by atoms with Crippen LogP contribution >= 0.6 is 0 Å². The first-order chi connectivity index (χ1) is 6.83. The van der Waals surface area contributed by atoms with Gasteiger partial charge in [0.2, 0.25) is 0 Å². The molecule has 0 heterocycles. The zero-order valence-corrected chi connectivity index (χ0v) is 9.45. The Kier molecular flexibility index (Phi) is 1.40. The van der Waals surface area contributed by atoms with Crippen LogP contribution in [0.3, 0.4) is 0 Å². The lowest BCUT2D eigenvalue weighted by Crippen LogP contribution is -2.59. The highest BCUT2D eigenvalue weighted by Gasteiger charge is 2.69. The third kappa shape index (κ3) is 0.657. The van der Waals surface area contributed by atoms with E-state index >= 15 is 0 Å². The van der Waals surface area contributed by atoms with Gasteiger partial charge in [0.05, 0.1) is 0 Å². The van der Waals surface area contributed by atoms with Crippen LogP contribution in [-0.4, -0.2) is 0 Å². The van der Waals surface area contributed by atoms with Crippen molar-refractivity contribution in [3.63, 3.8) is 0 Å². The summed E-state index contributed by atoms with van der Waals surface area (Å²) in [6, 6.07) is 0. The van der Waals surface area contributed by atoms with Crippen molar-refractivity contribution < 1.29 is 0 Å². The highest BCUT2D eigenvalue weighted by molar-refractivity contribution is 5.17. The van der Waals surface area contributed by atoms with E-state index in [0.717, 1.165) is 11.8 Å². The van der Waals surface area contributed by atoms with E-state index in [2.05, 4.69) is 13.8 Å². The van der Waals surface area contributed by atoms with E-state index in [0.29, 0.717) is 0 Å². The number of rotatable bonds is 1. The fourth-order valence-corrected chi connectivity index (χ4v) is 5.95. The van der Waals surface area contributed by atoms with Gasteiger partial charge in [-0.25, -0.2) is 0 Å². The van der Waals surface area contributed by atoms with Gasteiger partial charge in [-0.15, -0.1) is 0 Å². The molecule has 0 amide bonds. The molecule has 0 aromatic rings. The van der Waals surface area contributed by atoms with Gasteiger partial charge < -0.3 is 0 Å². The van der Waals surface area contributed by atoms with Gasteiger partial charge in [0, 0.05) is 0 Å². The summed E-state index contributed by atoms with van der Waals surface area (Å²) in [5, 5.41) is 0. The lowest BCUT2D eigenvalue weighted by molar-refractivity contribution is -0.163. The van der Waals surface area contributed by atoms with Crippen LogP contribution < -0.4 is 0 Å². The highest BCUT2D eigenvalue weighted by atomic mass is 14.7. The van der Waals surface area contributed by atoms with Gasteiger partial charge in [-0.2, -0.15) is 0 Å². The molecule has 0 aromatic carbocycles. The van der Waals surface area contributed by atoms with Crippen molar-refractivity contribution in [2.45, 2.75) is 39.5 Å². The second kappa shape index (κ2) is 2.39. The van der Waals surface area contributed by atoms with E-state index in [4.69, 9.17) is 0 Å². The Labute approximate surface area is 87.5 Å². The van der Waals surface area contributed by atoms with Crippen LogP contribution in [0, 0.1) is 47.3 Å². The molecule has 0 nitrogen and oxygen atoms in total. The van der Waals surface area contributed by atoms with Crippen molar-refractivity contribution in [2.75, 3.05) is 0 Å². The van der Waals surface area contributed by atoms with Crippen molar-refractivity contribution in [3.8, 4) is 0 Å². The molecule has 0 N–H and O–H groups in total. The average molecular weight is 190 g/mol. The van der Waals surface area contributed by atoms with Crippen molar-refractivity contribution in [1.82, 2.24) is 0 Å². The number of hydrogen-bond acceptors (Lipinski definition) is 0. The Bertz CT molecular complexity index is 269. The Morgan fingerprint density at radius 1 is 0.929 bits per heavy atom. The van der Waals surface area contributed by atoms with E-state index in [1.54, 1.807) is 19.3 Å². The van der Waals surface area contributed by atoms with Crippen LogP contribution in [0.4, 0.5) is 0 Å². The van der Waals surface area contributed by atoms with Crippen molar-refractivity contribution in [2.24, 2.45) is 47.3 Å². The first-order valence-electron chi connectivity index (χ1n) is 6.83. The Balaban J connectivity index is 1.61. The summed E-state index contributed by atoms with van der Waals surface area (Å²) in [6.45, 7) is 4.97.